The minimum absolute atomic E-state index is 0.114. The molecule has 11 heteroatoms. The minimum atomic E-state index is -0.272. The lowest BCUT2D eigenvalue weighted by molar-refractivity contribution is -0.143. The molecule has 1 amide bonds. The molecule has 0 unspecified atom stereocenters. The van der Waals surface area contributed by atoms with E-state index in [-0.39, 0.29) is 24.1 Å². The highest BCUT2D eigenvalue weighted by Gasteiger charge is 2.16. The molecular weight excluding hydrogens is 413 g/mol. The van der Waals surface area contributed by atoms with Crippen molar-refractivity contribution in [1.82, 2.24) is 20.2 Å². The highest BCUT2D eigenvalue weighted by Crippen LogP contribution is 2.30. The summed E-state index contributed by atoms with van der Waals surface area (Å²) in [5.74, 6) is 6.02. The molecule has 3 N–H and O–H groups in total. The van der Waals surface area contributed by atoms with E-state index < -0.39 is 0 Å². The molecule has 0 saturated carbocycles. The minimum Gasteiger partial charge on any atom is -0.466 e. The molecule has 2 rings (SSSR count). The van der Waals surface area contributed by atoms with Crippen molar-refractivity contribution in [2.75, 3.05) is 24.7 Å². The average Bonchev–Trinajstić information content (AvgIpc) is 2.98. The number of nitrogen functional groups attached to an aromatic ring is 1. The summed E-state index contributed by atoms with van der Waals surface area (Å²) in [6.45, 7) is 2.49. The summed E-state index contributed by atoms with van der Waals surface area (Å²) in [4.78, 5) is 23.1. The van der Waals surface area contributed by atoms with Crippen LogP contribution in [0.25, 0.3) is 11.4 Å². The smallest absolute Gasteiger partial charge is 0.305 e. The molecule has 0 radical (unpaired) electrons. The standard InChI is InChI=1S/C16H19Cl2N5O3S/c1-2-26-14(25)4-3-7-20-13(24)9-27-16-22-21-15(23(16)19)11-6-5-10(17)8-12(11)18/h5-6,8H,2-4,7,9,19H2,1H3,(H,20,24). The van der Waals surface area contributed by atoms with E-state index >= 15 is 0 Å². The highest BCUT2D eigenvalue weighted by atomic mass is 35.5. The van der Waals surface area contributed by atoms with Crippen molar-refractivity contribution < 1.29 is 14.3 Å². The number of nitrogens with two attached hydrogens (primary N) is 1. The predicted molar refractivity (Wildman–Crippen MR) is 105 cm³/mol. The Morgan fingerprint density at radius 3 is 2.81 bits per heavy atom. The SMILES string of the molecule is CCOC(=O)CCCNC(=O)CSc1nnc(-c2ccc(Cl)cc2Cl)n1N. The lowest BCUT2D eigenvalue weighted by atomic mass is 10.2. The summed E-state index contributed by atoms with van der Waals surface area (Å²) in [5, 5.41) is 12.0. The average molecular weight is 432 g/mol. The van der Waals surface area contributed by atoms with Crippen LogP contribution in [0.3, 0.4) is 0 Å². The van der Waals surface area contributed by atoms with Crippen LogP contribution in [0.15, 0.2) is 23.4 Å². The number of benzene rings is 1. The van der Waals surface area contributed by atoms with E-state index in [1.165, 1.54) is 4.68 Å². The Kier molecular flexibility index (Phi) is 8.21. The number of amides is 1. The van der Waals surface area contributed by atoms with Crippen molar-refractivity contribution in [1.29, 1.82) is 0 Å². The summed E-state index contributed by atoms with van der Waals surface area (Å²) in [5.41, 5.74) is 0.589. The van der Waals surface area contributed by atoms with Crippen LogP contribution in [0.5, 0.6) is 0 Å². The third kappa shape index (κ3) is 6.30. The van der Waals surface area contributed by atoms with Crippen LogP contribution in [0, 0.1) is 0 Å². The van der Waals surface area contributed by atoms with Gasteiger partial charge in [-0.05, 0) is 31.5 Å². The molecule has 27 heavy (non-hydrogen) atoms. The van der Waals surface area contributed by atoms with Gasteiger partial charge >= 0.3 is 5.97 Å². The number of aromatic nitrogens is 3. The van der Waals surface area contributed by atoms with Crippen LogP contribution in [-0.4, -0.2) is 45.7 Å². The fourth-order valence-electron chi connectivity index (χ4n) is 2.10. The number of thioether (sulfide) groups is 1. The van der Waals surface area contributed by atoms with Gasteiger partial charge in [-0.25, -0.2) is 4.68 Å². The van der Waals surface area contributed by atoms with Crippen molar-refractivity contribution in [2.24, 2.45) is 0 Å². The second-order valence-electron chi connectivity index (χ2n) is 5.35. The molecule has 1 aromatic heterocycles. The first-order valence-corrected chi connectivity index (χ1v) is 9.87. The zero-order valence-corrected chi connectivity index (χ0v) is 16.9. The van der Waals surface area contributed by atoms with Gasteiger partial charge in [-0.2, -0.15) is 0 Å². The maximum absolute atomic E-state index is 11.9. The monoisotopic (exact) mass is 431 g/mol. The summed E-state index contributed by atoms with van der Waals surface area (Å²) < 4.78 is 6.09. The van der Waals surface area contributed by atoms with Gasteiger partial charge in [0.05, 0.1) is 17.4 Å². The summed E-state index contributed by atoms with van der Waals surface area (Å²) >= 11 is 13.2. The lowest BCUT2D eigenvalue weighted by Gasteiger charge is -2.06. The number of carbonyl (C=O) groups excluding carboxylic acids is 2. The second kappa shape index (κ2) is 10.4. The van der Waals surface area contributed by atoms with Gasteiger partial charge in [0, 0.05) is 23.6 Å². The number of carbonyl (C=O) groups is 2. The van der Waals surface area contributed by atoms with Crippen LogP contribution in [0.2, 0.25) is 10.0 Å². The van der Waals surface area contributed by atoms with E-state index in [1.54, 1.807) is 25.1 Å². The number of hydrogen-bond acceptors (Lipinski definition) is 7. The first-order valence-electron chi connectivity index (χ1n) is 8.13. The van der Waals surface area contributed by atoms with E-state index in [1.807, 2.05) is 0 Å². The predicted octanol–water partition coefficient (Wildman–Crippen LogP) is 2.52. The number of ether oxygens (including phenoxy) is 1. The summed E-state index contributed by atoms with van der Waals surface area (Å²) in [7, 11) is 0. The Balaban J connectivity index is 1.84. The molecule has 1 aromatic carbocycles. The maximum Gasteiger partial charge on any atom is 0.305 e. The third-order valence-electron chi connectivity index (χ3n) is 3.35. The van der Waals surface area contributed by atoms with Gasteiger partial charge in [-0.1, -0.05) is 35.0 Å². The molecule has 0 aliphatic heterocycles. The van der Waals surface area contributed by atoms with Gasteiger partial charge in [-0.15, -0.1) is 10.2 Å². The highest BCUT2D eigenvalue weighted by molar-refractivity contribution is 7.99. The Labute approximate surface area is 170 Å². The van der Waals surface area contributed by atoms with E-state index in [0.717, 1.165) is 11.8 Å². The van der Waals surface area contributed by atoms with Crippen LogP contribution in [0.4, 0.5) is 0 Å². The molecule has 1 heterocycles. The molecule has 0 bridgehead atoms. The largest absolute Gasteiger partial charge is 0.466 e. The number of esters is 1. The Morgan fingerprint density at radius 1 is 1.33 bits per heavy atom. The molecule has 2 aromatic rings. The van der Waals surface area contributed by atoms with Crippen LogP contribution in [0.1, 0.15) is 19.8 Å². The van der Waals surface area contributed by atoms with Crippen molar-refractivity contribution in [2.45, 2.75) is 24.9 Å². The molecule has 8 nitrogen and oxygen atoms in total. The molecule has 0 saturated heterocycles. The fraction of sp³-hybridized carbons (Fsp3) is 0.375. The van der Waals surface area contributed by atoms with Crippen molar-refractivity contribution in [3.63, 3.8) is 0 Å². The maximum atomic E-state index is 11.9. The van der Waals surface area contributed by atoms with Crippen molar-refractivity contribution in [3.8, 4) is 11.4 Å². The van der Waals surface area contributed by atoms with E-state index in [4.69, 9.17) is 33.8 Å². The van der Waals surface area contributed by atoms with Crippen molar-refractivity contribution >= 4 is 46.8 Å². The van der Waals surface area contributed by atoms with E-state index in [9.17, 15) is 9.59 Å². The van der Waals surface area contributed by atoms with Gasteiger partial charge in [0.1, 0.15) is 0 Å². The second-order valence-corrected chi connectivity index (χ2v) is 7.13. The molecular formula is C16H19Cl2N5O3S. The molecule has 146 valence electrons. The number of rotatable bonds is 9. The van der Waals surface area contributed by atoms with Gasteiger partial charge in [0.25, 0.3) is 0 Å². The fourth-order valence-corrected chi connectivity index (χ4v) is 3.28. The Hall–Kier alpha value is -1.97. The quantitative estimate of drug-likeness (QED) is 0.271. The van der Waals surface area contributed by atoms with Gasteiger partial charge in [0.2, 0.25) is 11.1 Å². The van der Waals surface area contributed by atoms with Crippen LogP contribution >= 0.6 is 35.0 Å². The first kappa shape index (κ1) is 21.3. The van der Waals surface area contributed by atoms with Gasteiger partial charge < -0.3 is 15.9 Å². The normalized spacial score (nSPS) is 10.6. The topological polar surface area (TPSA) is 112 Å². The number of nitrogens with one attached hydrogen (secondary N) is 1. The Bertz CT molecular complexity index is 815. The lowest BCUT2D eigenvalue weighted by Crippen LogP contribution is -2.27. The number of hydrogen-bond donors (Lipinski definition) is 2. The summed E-state index contributed by atoms with van der Waals surface area (Å²) in [6.07, 6.45) is 0.783. The van der Waals surface area contributed by atoms with Crippen molar-refractivity contribution in [3.05, 3.63) is 28.2 Å². The molecule has 0 aliphatic carbocycles. The summed E-state index contributed by atoms with van der Waals surface area (Å²) in [6, 6.07) is 4.96. The zero-order chi connectivity index (χ0) is 19.8. The zero-order valence-electron chi connectivity index (χ0n) is 14.6. The van der Waals surface area contributed by atoms with Crippen LogP contribution in [-0.2, 0) is 14.3 Å². The van der Waals surface area contributed by atoms with Gasteiger partial charge in [0.15, 0.2) is 5.82 Å². The van der Waals surface area contributed by atoms with E-state index in [0.29, 0.717) is 46.2 Å². The molecule has 0 spiro atoms. The van der Waals surface area contributed by atoms with Crippen LogP contribution < -0.4 is 11.2 Å². The molecule has 0 aliphatic rings. The molecule has 0 fully saturated rings. The molecule has 0 atom stereocenters. The van der Waals surface area contributed by atoms with E-state index in [2.05, 4.69) is 15.5 Å². The number of halogens is 2. The third-order valence-corrected chi connectivity index (χ3v) is 4.84. The number of nitrogens with zero attached hydrogens (tertiary/aromatic N) is 3. The Morgan fingerprint density at radius 2 is 2.11 bits per heavy atom. The first-order chi connectivity index (χ1) is 12.9. The van der Waals surface area contributed by atoms with Gasteiger partial charge in [-0.3, -0.25) is 9.59 Å².